The number of hydrogen-bond acceptors (Lipinski definition) is 1. The molecule has 0 aliphatic carbocycles. The molecule has 1 aromatic rings. The Kier molecular flexibility index (Phi) is 3.72. The second-order valence-corrected chi connectivity index (χ2v) is 1.46. The molecule has 1 aromatic heterocycles. The maximum absolute atomic E-state index is 3.76. The first kappa shape index (κ1) is 7.84. The van der Waals surface area contributed by atoms with Crippen molar-refractivity contribution >= 4 is 0 Å². The molecule has 0 atom stereocenters. The molecule has 0 N–H and O–H groups in total. The Bertz CT molecular complexity index is 138. The maximum Gasteiger partial charge on any atom is 2.00 e. The third-order valence-electron chi connectivity index (χ3n) is 0.763. The van der Waals surface area contributed by atoms with Gasteiger partial charge in [0, 0.05) is 0 Å². The van der Waals surface area contributed by atoms with Crippen LogP contribution in [0.4, 0.5) is 0 Å². The van der Waals surface area contributed by atoms with Gasteiger partial charge in [-0.2, -0.15) is 12.1 Å². The average Bonchev–Trinajstić information content (AvgIpc) is 1.69. The van der Waals surface area contributed by atoms with Crippen LogP contribution in [0, 0.1) is 13.1 Å². The topological polar surface area (TPSA) is 12.9 Å². The van der Waals surface area contributed by atoms with Crippen molar-refractivity contribution in [3.8, 4) is 0 Å². The molecule has 0 aliphatic rings. The molecule has 1 heterocycles. The van der Waals surface area contributed by atoms with Crippen LogP contribution in [0.5, 0.6) is 0 Å². The van der Waals surface area contributed by atoms with Gasteiger partial charge in [0.15, 0.2) is 0 Å². The smallest absolute Gasteiger partial charge is 0.394 e. The minimum absolute atomic E-state index is 0. The van der Waals surface area contributed by atoms with Crippen molar-refractivity contribution in [2.45, 2.75) is 6.92 Å². The number of hydrogen-bond donors (Lipinski definition) is 0. The van der Waals surface area contributed by atoms with E-state index in [9.17, 15) is 0 Å². The first-order valence-corrected chi connectivity index (χ1v) is 2.18. The number of aryl methyl sites for hydroxylation is 1. The number of nitrogens with zero attached hydrogens (tertiary/aromatic N) is 1. The van der Waals surface area contributed by atoms with Crippen LogP contribution in [0.2, 0.25) is 0 Å². The molecule has 0 saturated carbocycles. The Balaban J connectivity index is 0.000000490. The summed E-state index contributed by atoms with van der Waals surface area (Å²) in [6.45, 7) is 2.00. The zero-order chi connectivity index (χ0) is 5.11. The summed E-state index contributed by atoms with van der Waals surface area (Å²) in [5.41, 5.74) is 1.18. The molecule has 8 heavy (non-hydrogen) atoms. The van der Waals surface area contributed by atoms with Crippen molar-refractivity contribution < 1.29 is 21.1 Å². The molecular weight excluding hydrogens is 270 g/mol. The van der Waals surface area contributed by atoms with Crippen LogP contribution in [-0.4, -0.2) is 4.98 Å². The maximum atomic E-state index is 3.76. The van der Waals surface area contributed by atoms with E-state index in [-0.39, 0.29) is 21.1 Å². The normalized spacial score (nSPS) is 7.62. The van der Waals surface area contributed by atoms with E-state index >= 15 is 0 Å². The van der Waals surface area contributed by atoms with Crippen LogP contribution in [0.15, 0.2) is 18.3 Å². The van der Waals surface area contributed by atoms with E-state index in [2.05, 4.69) is 11.2 Å². The average molecular weight is 276 g/mol. The number of aromatic nitrogens is 1. The molecule has 0 spiro atoms. The Labute approximate surface area is 63.4 Å². The van der Waals surface area contributed by atoms with E-state index in [4.69, 9.17) is 0 Å². The fourth-order valence-corrected chi connectivity index (χ4v) is 0.394. The number of pyridine rings is 1. The Hall–Kier alpha value is -0.162. The fourth-order valence-electron chi connectivity index (χ4n) is 0.394. The Morgan fingerprint density at radius 1 is 1.62 bits per heavy atom. The summed E-state index contributed by atoms with van der Waals surface area (Å²) in [7, 11) is 0. The summed E-state index contributed by atoms with van der Waals surface area (Å²) in [6.07, 6.45) is 4.46. The van der Waals surface area contributed by atoms with E-state index in [0.717, 1.165) is 0 Å². The van der Waals surface area contributed by atoms with Crippen LogP contribution < -0.4 is 0 Å². The van der Waals surface area contributed by atoms with E-state index < -0.39 is 0 Å². The van der Waals surface area contributed by atoms with Crippen LogP contribution in [0.1, 0.15) is 5.56 Å². The summed E-state index contributed by atoms with van der Waals surface area (Å²) < 4.78 is 0. The molecule has 40 valence electrons. The van der Waals surface area contributed by atoms with Crippen molar-refractivity contribution in [3.05, 3.63) is 30.1 Å². The van der Waals surface area contributed by atoms with E-state index in [1.165, 1.54) is 5.56 Å². The van der Waals surface area contributed by atoms with Gasteiger partial charge < -0.3 is 4.98 Å². The van der Waals surface area contributed by atoms with Gasteiger partial charge in [0.25, 0.3) is 0 Å². The minimum Gasteiger partial charge on any atom is -0.394 e. The molecule has 1 nitrogen and oxygen atoms in total. The van der Waals surface area contributed by atoms with Crippen LogP contribution >= 0.6 is 0 Å². The summed E-state index contributed by atoms with van der Waals surface area (Å²) in [6, 6.07) is 3.77. The molecule has 0 unspecified atom stereocenters. The summed E-state index contributed by atoms with van der Waals surface area (Å²) in [5.74, 6) is 0. The quantitative estimate of drug-likeness (QED) is 0.649. The molecule has 1 rings (SSSR count). The molecule has 0 fully saturated rings. The zero-order valence-corrected chi connectivity index (χ0v) is 7.52. The van der Waals surface area contributed by atoms with E-state index in [1.807, 2.05) is 13.0 Å². The molecule has 0 aromatic carbocycles. The minimum atomic E-state index is 0. The summed E-state index contributed by atoms with van der Waals surface area (Å²) in [5, 5.41) is 0. The molecule has 0 bridgehead atoms. The monoisotopic (exact) mass is 276 g/mol. The second kappa shape index (κ2) is 3.79. The molecule has 0 aliphatic heterocycles. The summed E-state index contributed by atoms with van der Waals surface area (Å²) in [4.78, 5) is 3.76. The largest absolute Gasteiger partial charge is 2.00 e. The summed E-state index contributed by atoms with van der Waals surface area (Å²) >= 11 is 0. The van der Waals surface area contributed by atoms with Crippen molar-refractivity contribution in [2.75, 3.05) is 0 Å². The third kappa shape index (κ3) is 2.22. The van der Waals surface area contributed by atoms with Gasteiger partial charge in [-0.3, -0.25) is 0 Å². The van der Waals surface area contributed by atoms with Crippen molar-refractivity contribution in [3.63, 3.8) is 0 Å². The first-order valence-electron chi connectivity index (χ1n) is 2.18. The van der Waals surface area contributed by atoms with Gasteiger partial charge in [0.05, 0.1) is 0 Å². The predicted octanol–water partition coefficient (Wildman–Crippen LogP) is 1.19. The molecular formula is C6H6NW+. The van der Waals surface area contributed by atoms with Crippen molar-refractivity contribution in [1.82, 2.24) is 4.98 Å². The van der Waals surface area contributed by atoms with Crippen LogP contribution in [0.25, 0.3) is 0 Å². The molecule has 2 heteroatoms. The van der Waals surface area contributed by atoms with Crippen LogP contribution in [-0.2, 0) is 21.1 Å². The van der Waals surface area contributed by atoms with Gasteiger partial charge in [-0.25, -0.2) is 0 Å². The third-order valence-corrected chi connectivity index (χ3v) is 0.763. The van der Waals surface area contributed by atoms with E-state index in [1.54, 1.807) is 12.3 Å². The van der Waals surface area contributed by atoms with Crippen LogP contribution in [0.3, 0.4) is 0 Å². The van der Waals surface area contributed by atoms with Crippen molar-refractivity contribution in [1.29, 1.82) is 0 Å². The van der Waals surface area contributed by atoms with E-state index in [0.29, 0.717) is 0 Å². The first-order chi connectivity index (χ1) is 3.39. The molecule has 0 amide bonds. The van der Waals surface area contributed by atoms with Crippen molar-refractivity contribution in [2.24, 2.45) is 0 Å². The second-order valence-electron chi connectivity index (χ2n) is 1.46. The SMILES string of the molecule is Cc1cc[c-]nc1.[W+2]. The standard InChI is InChI=1S/C6H6N.W/c1-6-3-2-4-7-5-6;/h2-3,5H,1H3;/q-1;+2. The van der Waals surface area contributed by atoms with Gasteiger partial charge in [-0.15, -0.1) is 5.56 Å². The van der Waals surface area contributed by atoms with Gasteiger partial charge >= 0.3 is 21.1 Å². The van der Waals surface area contributed by atoms with Gasteiger partial charge in [0.2, 0.25) is 0 Å². The number of rotatable bonds is 0. The Morgan fingerprint density at radius 2 is 2.38 bits per heavy atom. The zero-order valence-electron chi connectivity index (χ0n) is 4.59. The molecule has 0 radical (unpaired) electrons. The fraction of sp³-hybridized carbons (Fsp3) is 0.167. The van der Waals surface area contributed by atoms with Gasteiger partial charge in [0.1, 0.15) is 0 Å². The Morgan fingerprint density at radius 3 is 2.62 bits per heavy atom. The van der Waals surface area contributed by atoms with Gasteiger partial charge in [-0.1, -0.05) is 19.3 Å². The van der Waals surface area contributed by atoms with Gasteiger partial charge in [-0.05, 0) is 0 Å². The molecule has 0 saturated heterocycles. The predicted molar refractivity (Wildman–Crippen MR) is 27.8 cm³/mol.